The minimum atomic E-state index is -0.690. The van der Waals surface area contributed by atoms with Gasteiger partial charge in [-0.2, -0.15) is 0 Å². The van der Waals surface area contributed by atoms with Gasteiger partial charge in [-0.25, -0.2) is 0 Å². The number of para-hydroxylation sites is 1. The monoisotopic (exact) mass is 261 g/mol. The molecule has 0 spiro atoms. The number of nitrogens with two attached hydrogens (primary N) is 1. The molecule has 0 radical (unpaired) electrons. The maximum Gasteiger partial charge on any atom is 0.254 e. The Labute approximate surface area is 110 Å². The van der Waals surface area contributed by atoms with Crippen LogP contribution in [0.3, 0.4) is 0 Å². The average Bonchev–Trinajstić information content (AvgIpc) is 2.36. The van der Waals surface area contributed by atoms with Crippen LogP contribution in [-0.2, 0) is 9.59 Å². The molecule has 1 aromatic rings. The molecule has 1 unspecified atom stereocenters. The van der Waals surface area contributed by atoms with Crippen LogP contribution in [0.15, 0.2) is 18.2 Å². The minimum Gasteiger partial charge on any atom is -0.398 e. The maximum atomic E-state index is 12.1. The summed E-state index contributed by atoms with van der Waals surface area (Å²) >= 11 is 0. The number of hydrogen-bond donors (Lipinski definition) is 3. The fourth-order valence-corrected chi connectivity index (χ4v) is 1.95. The molecule has 0 saturated carbocycles. The fourth-order valence-electron chi connectivity index (χ4n) is 1.95. The Kier molecular flexibility index (Phi) is 3.50. The standard InChI is InChI=1S/C13H15N3O3/c1-7-3-2-4-8(11(7)14)12(18)15-9-5-6-10(17)16-13(9)19/h2-4,9H,5-6,14H2,1H3,(H,15,18)(H,16,17,19). The van der Waals surface area contributed by atoms with Gasteiger partial charge in [-0.05, 0) is 25.0 Å². The summed E-state index contributed by atoms with van der Waals surface area (Å²) in [6.45, 7) is 1.80. The first-order valence-electron chi connectivity index (χ1n) is 5.98. The topological polar surface area (TPSA) is 101 Å². The molecule has 19 heavy (non-hydrogen) atoms. The second kappa shape index (κ2) is 5.09. The predicted molar refractivity (Wildman–Crippen MR) is 69.2 cm³/mol. The molecule has 1 heterocycles. The molecule has 6 nitrogen and oxygen atoms in total. The highest BCUT2D eigenvalue weighted by atomic mass is 16.2. The molecule has 6 heteroatoms. The van der Waals surface area contributed by atoms with E-state index in [9.17, 15) is 14.4 Å². The number of anilines is 1. The van der Waals surface area contributed by atoms with E-state index in [1.54, 1.807) is 25.1 Å². The smallest absolute Gasteiger partial charge is 0.254 e. The molecule has 1 aliphatic heterocycles. The van der Waals surface area contributed by atoms with Crippen LogP contribution in [0.5, 0.6) is 0 Å². The molecule has 4 N–H and O–H groups in total. The van der Waals surface area contributed by atoms with Crippen LogP contribution in [0.2, 0.25) is 0 Å². The number of nitrogen functional groups attached to an aromatic ring is 1. The second-order valence-corrected chi connectivity index (χ2v) is 4.51. The van der Waals surface area contributed by atoms with Crippen molar-refractivity contribution in [1.82, 2.24) is 10.6 Å². The Hall–Kier alpha value is -2.37. The number of amides is 3. The van der Waals surface area contributed by atoms with Crippen LogP contribution < -0.4 is 16.4 Å². The lowest BCUT2D eigenvalue weighted by molar-refractivity contribution is -0.134. The van der Waals surface area contributed by atoms with Crippen molar-refractivity contribution in [3.05, 3.63) is 29.3 Å². The summed E-state index contributed by atoms with van der Waals surface area (Å²) in [4.78, 5) is 34.6. The van der Waals surface area contributed by atoms with Crippen molar-refractivity contribution >= 4 is 23.4 Å². The Morgan fingerprint density at radius 2 is 2.16 bits per heavy atom. The number of hydrogen-bond acceptors (Lipinski definition) is 4. The van der Waals surface area contributed by atoms with Gasteiger partial charge in [0.05, 0.1) is 5.56 Å². The number of rotatable bonds is 2. The number of imide groups is 1. The van der Waals surface area contributed by atoms with Crippen LogP contribution in [0.25, 0.3) is 0 Å². The molecule has 1 fully saturated rings. The number of carbonyl (C=O) groups excluding carboxylic acids is 3. The minimum absolute atomic E-state index is 0.222. The molecular formula is C13H15N3O3. The lowest BCUT2D eigenvalue weighted by atomic mass is 10.0. The first-order valence-corrected chi connectivity index (χ1v) is 5.98. The summed E-state index contributed by atoms with van der Waals surface area (Å²) in [6, 6.07) is 4.44. The van der Waals surface area contributed by atoms with Gasteiger partial charge in [0.2, 0.25) is 11.8 Å². The van der Waals surface area contributed by atoms with E-state index < -0.39 is 17.9 Å². The van der Waals surface area contributed by atoms with Gasteiger partial charge < -0.3 is 11.1 Å². The summed E-state index contributed by atoms with van der Waals surface area (Å²) in [5.41, 5.74) is 7.36. The van der Waals surface area contributed by atoms with Gasteiger partial charge in [0.25, 0.3) is 5.91 Å². The summed E-state index contributed by atoms with van der Waals surface area (Å²) in [5.74, 6) is -1.20. The summed E-state index contributed by atoms with van der Waals surface area (Å²) in [7, 11) is 0. The Morgan fingerprint density at radius 1 is 1.42 bits per heavy atom. The van der Waals surface area contributed by atoms with Gasteiger partial charge in [-0.15, -0.1) is 0 Å². The molecule has 100 valence electrons. The Balaban J connectivity index is 2.11. The van der Waals surface area contributed by atoms with Gasteiger partial charge in [-0.1, -0.05) is 12.1 Å². The van der Waals surface area contributed by atoms with Crippen LogP contribution in [0.4, 0.5) is 5.69 Å². The highest BCUT2D eigenvalue weighted by molar-refractivity contribution is 6.05. The third-order valence-electron chi connectivity index (χ3n) is 3.11. The Bertz CT molecular complexity index is 554. The molecule has 1 atom stereocenters. The van der Waals surface area contributed by atoms with Crippen molar-refractivity contribution in [2.75, 3.05) is 5.73 Å². The van der Waals surface area contributed by atoms with E-state index in [-0.39, 0.29) is 12.3 Å². The molecule has 1 aromatic carbocycles. The van der Waals surface area contributed by atoms with Gasteiger partial charge >= 0.3 is 0 Å². The highest BCUT2D eigenvalue weighted by Crippen LogP contribution is 2.17. The Morgan fingerprint density at radius 3 is 2.84 bits per heavy atom. The quantitative estimate of drug-likeness (QED) is 0.519. The first kappa shape index (κ1) is 13.1. The number of benzene rings is 1. The van der Waals surface area contributed by atoms with Crippen molar-refractivity contribution in [2.24, 2.45) is 0 Å². The lowest BCUT2D eigenvalue weighted by Crippen LogP contribution is -2.52. The molecule has 0 bridgehead atoms. The maximum absolute atomic E-state index is 12.1. The number of aryl methyl sites for hydroxylation is 1. The summed E-state index contributed by atoms with van der Waals surface area (Å²) < 4.78 is 0. The zero-order valence-electron chi connectivity index (χ0n) is 10.5. The second-order valence-electron chi connectivity index (χ2n) is 4.51. The van der Waals surface area contributed by atoms with Crippen LogP contribution in [0.1, 0.15) is 28.8 Å². The number of nitrogens with one attached hydrogen (secondary N) is 2. The highest BCUT2D eigenvalue weighted by Gasteiger charge is 2.28. The van der Waals surface area contributed by atoms with E-state index in [0.717, 1.165) is 5.56 Å². The van der Waals surface area contributed by atoms with Crippen LogP contribution in [0, 0.1) is 6.92 Å². The molecular weight excluding hydrogens is 246 g/mol. The van der Waals surface area contributed by atoms with Gasteiger partial charge in [0.1, 0.15) is 6.04 Å². The average molecular weight is 261 g/mol. The molecule has 0 aliphatic carbocycles. The SMILES string of the molecule is Cc1cccc(C(=O)NC2CCC(=O)NC2=O)c1N. The number of carbonyl (C=O) groups is 3. The van der Waals surface area contributed by atoms with Gasteiger partial charge in [0.15, 0.2) is 0 Å². The molecule has 1 saturated heterocycles. The normalized spacial score (nSPS) is 18.9. The van der Waals surface area contributed by atoms with E-state index in [4.69, 9.17) is 5.73 Å². The first-order chi connectivity index (χ1) is 8.99. The van der Waals surface area contributed by atoms with Crippen molar-refractivity contribution in [3.63, 3.8) is 0 Å². The van der Waals surface area contributed by atoms with Crippen molar-refractivity contribution in [3.8, 4) is 0 Å². The molecule has 1 aliphatic rings. The molecule has 2 rings (SSSR count). The largest absolute Gasteiger partial charge is 0.398 e. The third-order valence-corrected chi connectivity index (χ3v) is 3.11. The van der Waals surface area contributed by atoms with Crippen molar-refractivity contribution in [1.29, 1.82) is 0 Å². The zero-order chi connectivity index (χ0) is 14.0. The van der Waals surface area contributed by atoms with E-state index >= 15 is 0 Å². The lowest BCUT2D eigenvalue weighted by Gasteiger charge is -2.22. The summed E-state index contributed by atoms with van der Waals surface area (Å²) in [6.07, 6.45) is 0.530. The van der Waals surface area contributed by atoms with Crippen LogP contribution >= 0.6 is 0 Å². The van der Waals surface area contributed by atoms with E-state index in [1.807, 2.05) is 0 Å². The van der Waals surface area contributed by atoms with Crippen LogP contribution in [-0.4, -0.2) is 23.8 Å². The molecule has 0 aromatic heterocycles. The van der Waals surface area contributed by atoms with Crippen molar-refractivity contribution < 1.29 is 14.4 Å². The van der Waals surface area contributed by atoms with Gasteiger partial charge in [-0.3, -0.25) is 19.7 Å². The van der Waals surface area contributed by atoms with Gasteiger partial charge in [0, 0.05) is 12.1 Å². The van der Waals surface area contributed by atoms with E-state index in [0.29, 0.717) is 17.7 Å². The fraction of sp³-hybridized carbons (Fsp3) is 0.308. The predicted octanol–water partition coefficient (Wildman–Crippen LogP) is 0.112. The third kappa shape index (κ3) is 2.73. The summed E-state index contributed by atoms with van der Waals surface area (Å²) in [5, 5.41) is 4.78. The number of piperidine rings is 1. The molecule has 3 amide bonds. The zero-order valence-corrected chi connectivity index (χ0v) is 10.5. The van der Waals surface area contributed by atoms with E-state index in [1.165, 1.54) is 0 Å². The van der Waals surface area contributed by atoms with E-state index in [2.05, 4.69) is 10.6 Å². The van der Waals surface area contributed by atoms with Crippen molar-refractivity contribution in [2.45, 2.75) is 25.8 Å².